The molecule has 8 heteroatoms. The molecule has 8 nitrogen and oxygen atoms in total. The number of hydrogen-bond donors (Lipinski definition) is 0. The predicted molar refractivity (Wildman–Crippen MR) is 63.3 cm³/mol. The summed E-state index contributed by atoms with van der Waals surface area (Å²) >= 11 is 0. The fourth-order valence-electron chi connectivity index (χ4n) is 1.61. The van der Waals surface area contributed by atoms with E-state index in [4.69, 9.17) is 5.53 Å². The molecule has 0 radical (unpaired) electrons. The molecule has 0 aliphatic rings. The molecule has 2 aromatic heterocycles. The maximum Gasteiger partial charge on any atom is 0.184 e. The Morgan fingerprint density at radius 1 is 1.17 bits per heavy atom. The second-order valence-corrected chi connectivity index (χ2v) is 3.38. The first kappa shape index (κ1) is 10.2. The first-order chi connectivity index (χ1) is 8.90. The molecule has 0 N–H and O–H groups in total. The topological polar surface area (TPSA) is 105 Å². The lowest BCUT2D eigenvalue weighted by Crippen LogP contribution is -2.00. The van der Waals surface area contributed by atoms with Crippen molar-refractivity contribution in [3.63, 3.8) is 0 Å². The second kappa shape index (κ2) is 4.11. The van der Waals surface area contributed by atoms with Crippen LogP contribution < -0.4 is 0 Å². The van der Waals surface area contributed by atoms with Crippen LogP contribution in [0.4, 0.5) is 5.82 Å². The molecule has 0 saturated carbocycles. The molecule has 0 saturated heterocycles. The molecule has 0 unspecified atom stereocenters. The van der Waals surface area contributed by atoms with E-state index in [-0.39, 0.29) is 5.82 Å². The van der Waals surface area contributed by atoms with Gasteiger partial charge in [-0.15, -0.1) is 5.10 Å². The van der Waals surface area contributed by atoms with Gasteiger partial charge in [-0.3, -0.25) is 0 Å². The Labute approximate surface area is 101 Å². The van der Waals surface area contributed by atoms with E-state index in [1.807, 2.05) is 24.3 Å². The van der Waals surface area contributed by atoms with Crippen LogP contribution in [-0.2, 0) is 0 Å². The molecule has 2 heterocycles. The quantitative estimate of drug-likeness (QED) is 0.387. The fraction of sp³-hybridized carbons (Fsp3) is 0. The van der Waals surface area contributed by atoms with Crippen LogP contribution >= 0.6 is 0 Å². The van der Waals surface area contributed by atoms with Crippen molar-refractivity contribution in [2.75, 3.05) is 0 Å². The number of hydrogen-bond acceptors (Lipinski definition) is 5. The van der Waals surface area contributed by atoms with Crippen LogP contribution in [0.1, 0.15) is 0 Å². The zero-order chi connectivity index (χ0) is 12.4. The Morgan fingerprint density at radius 2 is 2.00 bits per heavy atom. The van der Waals surface area contributed by atoms with E-state index in [2.05, 4.69) is 30.3 Å². The Bertz CT molecular complexity index is 755. The highest BCUT2D eigenvalue weighted by molar-refractivity contribution is 5.76. The molecule has 0 fully saturated rings. The third-order valence-corrected chi connectivity index (χ3v) is 2.35. The van der Waals surface area contributed by atoms with Gasteiger partial charge in [0.05, 0.1) is 5.52 Å². The van der Waals surface area contributed by atoms with E-state index in [0.29, 0.717) is 5.82 Å². The van der Waals surface area contributed by atoms with E-state index < -0.39 is 0 Å². The van der Waals surface area contributed by atoms with Crippen molar-refractivity contribution >= 4 is 16.9 Å². The summed E-state index contributed by atoms with van der Waals surface area (Å²) in [6.45, 7) is 0. The van der Waals surface area contributed by atoms with E-state index >= 15 is 0 Å². The second-order valence-electron chi connectivity index (χ2n) is 3.38. The van der Waals surface area contributed by atoms with Gasteiger partial charge in [-0.05, 0) is 22.8 Å². The molecule has 1 aromatic carbocycles. The van der Waals surface area contributed by atoms with Gasteiger partial charge in [-0.2, -0.15) is 4.68 Å². The first-order valence-electron chi connectivity index (χ1n) is 5.07. The molecular weight excluding hydrogens is 232 g/mol. The van der Waals surface area contributed by atoms with E-state index in [1.165, 1.54) is 17.1 Å². The van der Waals surface area contributed by atoms with Crippen LogP contribution in [0.2, 0.25) is 0 Å². The third kappa shape index (κ3) is 1.53. The number of fused-ring (bicyclic) bond motifs is 1. The van der Waals surface area contributed by atoms with Gasteiger partial charge in [0.2, 0.25) is 0 Å². The van der Waals surface area contributed by atoms with Gasteiger partial charge in [0.1, 0.15) is 5.52 Å². The van der Waals surface area contributed by atoms with Crippen LogP contribution in [0, 0.1) is 0 Å². The zero-order valence-electron chi connectivity index (χ0n) is 9.04. The summed E-state index contributed by atoms with van der Waals surface area (Å²) in [4.78, 5) is 10.8. The SMILES string of the molecule is [N-]=[N+]=Nc1nccnc1-n1nnc2ccccc21. The lowest BCUT2D eigenvalue weighted by molar-refractivity contribution is 0.796. The van der Waals surface area contributed by atoms with Gasteiger partial charge in [0, 0.05) is 17.3 Å². The molecule has 18 heavy (non-hydrogen) atoms. The standard InChI is InChI=1S/C10H6N8/c11-16-15-9-10(13-6-5-12-9)18-8-4-2-1-3-7(8)14-17-18/h1-6H. The Kier molecular flexibility index (Phi) is 2.33. The maximum atomic E-state index is 8.50. The van der Waals surface area contributed by atoms with Gasteiger partial charge in [0.15, 0.2) is 11.6 Å². The molecule has 86 valence electrons. The Morgan fingerprint density at radius 3 is 2.89 bits per heavy atom. The summed E-state index contributed by atoms with van der Waals surface area (Å²) in [5.74, 6) is 0.514. The maximum absolute atomic E-state index is 8.50. The summed E-state index contributed by atoms with van der Waals surface area (Å²) in [6, 6.07) is 7.42. The van der Waals surface area contributed by atoms with Crippen molar-refractivity contribution in [3.05, 3.63) is 47.1 Å². The van der Waals surface area contributed by atoms with Gasteiger partial charge in [0.25, 0.3) is 0 Å². The van der Waals surface area contributed by atoms with Crippen LogP contribution in [-0.4, -0.2) is 25.0 Å². The highest BCUT2D eigenvalue weighted by Crippen LogP contribution is 2.20. The molecule has 0 aliphatic carbocycles. The van der Waals surface area contributed by atoms with Crippen molar-refractivity contribution < 1.29 is 0 Å². The van der Waals surface area contributed by atoms with E-state index in [9.17, 15) is 0 Å². The summed E-state index contributed by atoms with van der Waals surface area (Å²) in [5, 5.41) is 11.5. The Balaban J connectivity index is 2.29. The molecule has 3 rings (SSSR count). The highest BCUT2D eigenvalue weighted by atomic mass is 15.5. The average molecular weight is 238 g/mol. The van der Waals surface area contributed by atoms with Crippen LogP contribution in [0.25, 0.3) is 27.3 Å². The van der Waals surface area contributed by atoms with Crippen molar-refractivity contribution in [1.82, 2.24) is 25.0 Å². The lowest BCUT2D eigenvalue weighted by Gasteiger charge is -2.02. The lowest BCUT2D eigenvalue weighted by atomic mass is 10.3. The normalized spacial score (nSPS) is 10.2. The number of nitrogens with zero attached hydrogens (tertiary/aromatic N) is 8. The van der Waals surface area contributed by atoms with E-state index in [0.717, 1.165) is 11.0 Å². The van der Waals surface area contributed by atoms with Crippen molar-refractivity contribution in [1.29, 1.82) is 0 Å². The van der Waals surface area contributed by atoms with Crippen LogP contribution in [0.3, 0.4) is 0 Å². The highest BCUT2D eigenvalue weighted by Gasteiger charge is 2.11. The molecular formula is C10H6N8. The minimum atomic E-state index is 0.163. The van der Waals surface area contributed by atoms with Gasteiger partial charge in [-0.1, -0.05) is 17.3 Å². The van der Waals surface area contributed by atoms with Crippen LogP contribution in [0.5, 0.6) is 0 Å². The summed E-state index contributed by atoms with van der Waals surface area (Å²) in [7, 11) is 0. The number of aromatic nitrogens is 5. The van der Waals surface area contributed by atoms with Crippen molar-refractivity contribution in [2.24, 2.45) is 5.11 Å². The number of azide groups is 1. The molecule has 0 amide bonds. The molecule has 0 atom stereocenters. The van der Waals surface area contributed by atoms with Gasteiger partial charge < -0.3 is 0 Å². The monoisotopic (exact) mass is 238 g/mol. The molecule has 0 aliphatic heterocycles. The number of rotatable bonds is 2. The van der Waals surface area contributed by atoms with Crippen molar-refractivity contribution in [2.45, 2.75) is 0 Å². The average Bonchev–Trinajstić information content (AvgIpc) is 2.84. The number of benzene rings is 1. The minimum absolute atomic E-state index is 0.163. The van der Waals surface area contributed by atoms with Gasteiger partial charge >= 0.3 is 0 Å². The Hall–Kier alpha value is -2.99. The first-order valence-corrected chi connectivity index (χ1v) is 5.07. The summed E-state index contributed by atoms with van der Waals surface area (Å²) in [5.41, 5.74) is 10.0. The zero-order valence-corrected chi connectivity index (χ0v) is 9.04. The third-order valence-electron chi connectivity index (χ3n) is 2.35. The minimum Gasteiger partial charge on any atom is -0.249 e. The smallest absolute Gasteiger partial charge is 0.184 e. The fourth-order valence-corrected chi connectivity index (χ4v) is 1.61. The predicted octanol–water partition coefficient (Wildman–Crippen LogP) is 2.15. The molecule has 0 spiro atoms. The largest absolute Gasteiger partial charge is 0.249 e. The van der Waals surface area contributed by atoms with E-state index in [1.54, 1.807) is 0 Å². The summed E-state index contributed by atoms with van der Waals surface area (Å²) < 4.78 is 1.49. The van der Waals surface area contributed by atoms with Gasteiger partial charge in [-0.25, -0.2) is 9.97 Å². The summed E-state index contributed by atoms with van der Waals surface area (Å²) in [6.07, 6.45) is 2.95. The van der Waals surface area contributed by atoms with Crippen molar-refractivity contribution in [3.8, 4) is 5.82 Å². The number of para-hydroxylation sites is 1. The molecule has 3 aromatic rings. The van der Waals surface area contributed by atoms with Crippen LogP contribution in [0.15, 0.2) is 41.8 Å². The molecule has 0 bridgehead atoms.